The smallest absolute Gasteiger partial charge is 0.225 e. The number of aldehydes is 1. The highest BCUT2D eigenvalue weighted by atomic mass is 16.2. The number of nitrogens with one attached hydrogen (secondary N) is 1. The lowest BCUT2D eigenvalue weighted by Crippen LogP contribution is -2.40. The van der Waals surface area contributed by atoms with Crippen molar-refractivity contribution in [3.05, 3.63) is 0 Å². The van der Waals surface area contributed by atoms with Crippen LogP contribution in [0.4, 0.5) is 0 Å². The van der Waals surface area contributed by atoms with Gasteiger partial charge in [0.15, 0.2) is 0 Å². The molecule has 2 saturated carbocycles. The molecule has 0 aromatic rings. The van der Waals surface area contributed by atoms with E-state index in [9.17, 15) is 9.59 Å². The summed E-state index contributed by atoms with van der Waals surface area (Å²) in [6, 6.07) is 0. The summed E-state index contributed by atoms with van der Waals surface area (Å²) in [6.07, 6.45) is 17.4. The highest BCUT2D eigenvalue weighted by Gasteiger charge is 2.39. The molecule has 0 heterocycles. The Morgan fingerprint density at radius 3 is 2.30 bits per heavy atom. The fourth-order valence-electron chi connectivity index (χ4n) is 5.06. The van der Waals surface area contributed by atoms with Gasteiger partial charge in [0.1, 0.15) is 6.29 Å². The van der Waals surface area contributed by atoms with Crippen LogP contribution in [0.15, 0.2) is 0 Å². The van der Waals surface area contributed by atoms with E-state index in [0.717, 1.165) is 50.2 Å². The van der Waals surface area contributed by atoms with Crippen LogP contribution < -0.4 is 5.32 Å². The topological polar surface area (TPSA) is 46.2 Å². The van der Waals surface area contributed by atoms with E-state index in [1.54, 1.807) is 7.05 Å². The number of hydrogen-bond acceptors (Lipinski definition) is 2. The Morgan fingerprint density at radius 1 is 1.00 bits per heavy atom. The molecule has 0 bridgehead atoms. The van der Waals surface area contributed by atoms with Crippen LogP contribution in [-0.4, -0.2) is 19.2 Å². The van der Waals surface area contributed by atoms with Gasteiger partial charge >= 0.3 is 0 Å². The van der Waals surface area contributed by atoms with Gasteiger partial charge in [-0.05, 0) is 43.9 Å². The van der Waals surface area contributed by atoms with Crippen molar-refractivity contribution in [2.45, 2.75) is 89.9 Å². The molecule has 3 nitrogen and oxygen atoms in total. The van der Waals surface area contributed by atoms with Crippen molar-refractivity contribution in [3.63, 3.8) is 0 Å². The first kappa shape index (κ1) is 18.5. The lowest BCUT2D eigenvalue weighted by atomic mass is 9.67. The number of carbonyl (C=O) groups excluding carboxylic acids is 2. The van der Waals surface area contributed by atoms with Gasteiger partial charge in [0.05, 0.1) is 0 Å². The third-order valence-electron chi connectivity index (χ3n) is 6.48. The standard InChI is InChI=1S/C20H35NO2/c1-21-19(23)20(14-7-8-16-22)13-6-5-11-18(12-15-20)17-9-3-2-4-10-17/h16-18H,2-15H2,1H3,(H,21,23). The lowest BCUT2D eigenvalue weighted by molar-refractivity contribution is -0.133. The summed E-state index contributed by atoms with van der Waals surface area (Å²) in [7, 11) is 1.77. The quantitative estimate of drug-likeness (QED) is 0.572. The number of rotatable bonds is 6. The predicted octanol–water partition coefficient (Wildman–Crippen LogP) is 4.64. The van der Waals surface area contributed by atoms with Crippen LogP contribution >= 0.6 is 0 Å². The molecule has 0 aliphatic heterocycles. The average molecular weight is 322 g/mol. The van der Waals surface area contributed by atoms with E-state index in [0.29, 0.717) is 6.42 Å². The minimum absolute atomic E-state index is 0.215. The maximum absolute atomic E-state index is 12.6. The summed E-state index contributed by atoms with van der Waals surface area (Å²) in [6.45, 7) is 0. The van der Waals surface area contributed by atoms with E-state index in [1.807, 2.05) is 0 Å². The first-order valence-corrected chi connectivity index (χ1v) is 9.88. The SMILES string of the molecule is CNC(=O)C1(CCCC=O)CCCCC(C2CCCCC2)CC1. The highest BCUT2D eigenvalue weighted by molar-refractivity contribution is 5.82. The van der Waals surface area contributed by atoms with Crippen LogP contribution in [0.2, 0.25) is 0 Å². The van der Waals surface area contributed by atoms with Gasteiger partial charge in [-0.25, -0.2) is 0 Å². The van der Waals surface area contributed by atoms with Crippen LogP contribution in [0, 0.1) is 17.3 Å². The zero-order chi connectivity index (χ0) is 16.5. The van der Waals surface area contributed by atoms with Crippen molar-refractivity contribution in [2.75, 3.05) is 7.05 Å². The first-order valence-electron chi connectivity index (χ1n) is 9.88. The summed E-state index contributed by atoms with van der Waals surface area (Å²) in [5.41, 5.74) is -0.217. The van der Waals surface area contributed by atoms with Gasteiger partial charge < -0.3 is 10.1 Å². The van der Waals surface area contributed by atoms with Crippen LogP contribution in [-0.2, 0) is 9.59 Å². The zero-order valence-corrected chi connectivity index (χ0v) is 14.9. The zero-order valence-electron chi connectivity index (χ0n) is 14.9. The summed E-state index contributed by atoms with van der Waals surface area (Å²) >= 11 is 0. The molecule has 0 spiro atoms. The molecule has 132 valence electrons. The molecular weight excluding hydrogens is 286 g/mol. The second-order valence-electron chi connectivity index (χ2n) is 7.86. The Labute approximate surface area is 142 Å². The third-order valence-corrected chi connectivity index (χ3v) is 6.48. The fraction of sp³-hybridized carbons (Fsp3) is 0.900. The van der Waals surface area contributed by atoms with Gasteiger partial charge in [-0.1, -0.05) is 51.4 Å². The van der Waals surface area contributed by atoms with Crippen molar-refractivity contribution >= 4 is 12.2 Å². The van der Waals surface area contributed by atoms with Gasteiger partial charge in [-0.2, -0.15) is 0 Å². The van der Waals surface area contributed by atoms with Crippen LogP contribution in [0.5, 0.6) is 0 Å². The molecule has 2 fully saturated rings. The van der Waals surface area contributed by atoms with Crippen LogP contribution in [0.1, 0.15) is 89.9 Å². The van der Waals surface area contributed by atoms with Crippen LogP contribution in [0.25, 0.3) is 0 Å². The summed E-state index contributed by atoms with van der Waals surface area (Å²) in [4.78, 5) is 23.3. The summed E-state index contributed by atoms with van der Waals surface area (Å²) < 4.78 is 0. The fourth-order valence-corrected chi connectivity index (χ4v) is 5.06. The normalized spacial score (nSPS) is 30.2. The molecule has 1 N–H and O–H groups in total. The van der Waals surface area contributed by atoms with Crippen molar-refractivity contribution < 1.29 is 9.59 Å². The Kier molecular flexibility index (Phi) is 7.58. The van der Waals surface area contributed by atoms with Crippen molar-refractivity contribution in [1.29, 1.82) is 0 Å². The van der Waals surface area contributed by atoms with E-state index in [2.05, 4.69) is 5.32 Å². The number of amides is 1. The summed E-state index contributed by atoms with van der Waals surface area (Å²) in [5, 5.41) is 2.92. The molecular formula is C20H35NO2. The molecule has 1 amide bonds. The first-order chi connectivity index (χ1) is 11.2. The highest BCUT2D eigenvalue weighted by Crippen LogP contribution is 2.44. The van der Waals surface area contributed by atoms with Gasteiger partial charge in [0.25, 0.3) is 0 Å². The molecule has 2 aliphatic rings. The number of carbonyl (C=O) groups is 2. The Balaban J connectivity index is 2.02. The Hall–Kier alpha value is -0.860. The molecule has 0 radical (unpaired) electrons. The van der Waals surface area contributed by atoms with E-state index >= 15 is 0 Å². The van der Waals surface area contributed by atoms with Gasteiger partial charge in [0.2, 0.25) is 5.91 Å². The molecule has 0 aromatic heterocycles. The largest absolute Gasteiger partial charge is 0.359 e. The average Bonchev–Trinajstić information content (AvgIpc) is 2.57. The van der Waals surface area contributed by atoms with Gasteiger partial charge in [0, 0.05) is 18.9 Å². The third kappa shape index (κ3) is 5.06. The van der Waals surface area contributed by atoms with E-state index < -0.39 is 0 Å². The predicted molar refractivity (Wildman–Crippen MR) is 94.2 cm³/mol. The number of hydrogen-bond donors (Lipinski definition) is 1. The second-order valence-corrected chi connectivity index (χ2v) is 7.86. The minimum atomic E-state index is -0.217. The lowest BCUT2D eigenvalue weighted by Gasteiger charge is -2.38. The second kappa shape index (κ2) is 9.44. The molecule has 0 aromatic carbocycles. The van der Waals surface area contributed by atoms with Gasteiger partial charge in [-0.15, -0.1) is 0 Å². The minimum Gasteiger partial charge on any atom is -0.359 e. The molecule has 3 heteroatoms. The molecule has 2 atom stereocenters. The van der Waals surface area contributed by atoms with Gasteiger partial charge in [-0.3, -0.25) is 4.79 Å². The van der Waals surface area contributed by atoms with Crippen molar-refractivity contribution in [1.82, 2.24) is 5.32 Å². The van der Waals surface area contributed by atoms with E-state index in [1.165, 1.54) is 51.4 Å². The Bertz CT molecular complexity index is 376. The van der Waals surface area contributed by atoms with E-state index in [4.69, 9.17) is 0 Å². The number of unbranched alkanes of at least 4 members (excludes halogenated alkanes) is 1. The van der Waals surface area contributed by atoms with E-state index in [-0.39, 0.29) is 11.3 Å². The molecule has 0 saturated heterocycles. The molecule has 2 rings (SSSR count). The molecule has 2 unspecified atom stereocenters. The van der Waals surface area contributed by atoms with Crippen molar-refractivity contribution in [3.8, 4) is 0 Å². The summed E-state index contributed by atoms with van der Waals surface area (Å²) in [5.74, 6) is 1.94. The monoisotopic (exact) mass is 321 g/mol. The molecule has 2 aliphatic carbocycles. The van der Waals surface area contributed by atoms with Crippen molar-refractivity contribution in [2.24, 2.45) is 17.3 Å². The maximum atomic E-state index is 12.6. The Morgan fingerprint density at radius 2 is 1.65 bits per heavy atom. The molecule has 23 heavy (non-hydrogen) atoms. The van der Waals surface area contributed by atoms with Crippen LogP contribution in [0.3, 0.4) is 0 Å². The maximum Gasteiger partial charge on any atom is 0.225 e.